The third-order valence-corrected chi connectivity index (χ3v) is 4.42. The summed E-state index contributed by atoms with van der Waals surface area (Å²) in [6, 6.07) is 2.15. The Hall–Kier alpha value is -0.840. The molecule has 0 aromatic carbocycles. The molecule has 1 N–H and O–H groups in total. The second-order valence-electron chi connectivity index (χ2n) is 5.48. The first-order valence-electron chi connectivity index (χ1n) is 7.41. The lowest BCUT2D eigenvalue weighted by Crippen LogP contribution is -2.39. The van der Waals surface area contributed by atoms with E-state index in [2.05, 4.69) is 22.1 Å². The van der Waals surface area contributed by atoms with E-state index in [-0.39, 0.29) is 11.1 Å². The number of hydrogen-bond donors (Lipinski definition) is 1. The molecule has 116 valence electrons. The third kappa shape index (κ3) is 4.83. The van der Waals surface area contributed by atoms with Crippen LogP contribution < -0.4 is 5.32 Å². The molecule has 0 radical (unpaired) electrons. The number of nitrogens with zero attached hydrogens (tertiary/aromatic N) is 2. The molecule has 1 aromatic rings. The van der Waals surface area contributed by atoms with Crippen molar-refractivity contribution >= 4 is 29.1 Å². The Labute approximate surface area is 135 Å². The number of nitrogens with one attached hydrogen (secondary N) is 1. The van der Waals surface area contributed by atoms with Gasteiger partial charge in [-0.3, -0.25) is 4.79 Å². The molecule has 1 amide bonds. The van der Waals surface area contributed by atoms with E-state index in [9.17, 15) is 4.79 Å². The van der Waals surface area contributed by atoms with Gasteiger partial charge in [0.2, 0.25) is 0 Å². The lowest BCUT2D eigenvalue weighted by atomic mass is 10.0. The van der Waals surface area contributed by atoms with E-state index >= 15 is 0 Å². The van der Waals surface area contributed by atoms with Crippen molar-refractivity contribution in [3.8, 4) is 0 Å². The van der Waals surface area contributed by atoms with Crippen molar-refractivity contribution < 1.29 is 4.79 Å². The minimum Gasteiger partial charge on any atom is -0.352 e. The summed E-state index contributed by atoms with van der Waals surface area (Å²) in [5, 5.41) is 3.48. The Balaban J connectivity index is 1.75. The number of hydrogen-bond acceptors (Lipinski definition) is 3. The molecule has 0 saturated carbocycles. The lowest BCUT2D eigenvalue weighted by Gasteiger charge is -2.33. The van der Waals surface area contributed by atoms with Gasteiger partial charge in [-0.15, -0.1) is 0 Å². The van der Waals surface area contributed by atoms with Crippen molar-refractivity contribution in [3.63, 3.8) is 0 Å². The summed E-state index contributed by atoms with van der Waals surface area (Å²) in [4.78, 5) is 18.4. The maximum atomic E-state index is 12.0. The maximum Gasteiger partial charge on any atom is 0.252 e. The average Bonchev–Trinajstić information content (AvgIpc) is 2.47. The highest BCUT2D eigenvalue weighted by Gasteiger charge is 2.17. The molecule has 1 aromatic heterocycles. The van der Waals surface area contributed by atoms with E-state index in [1.165, 1.54) is 38.1 Å². The third-order valence-electron chi connectivity index (χ3n) is 3.91. The molecule has 4 nitrogen and oxygen atoms in total. The number of likely N-dealkylation sites (tertiary alicyclic amines) is 1. The van der Waals surface area contributed by atoms with E-state index < -0.39 is 0 Å². The fourth-order valence-corrected chi connectivity index (χ4v) is 3.00. The van der Waals surface area contributed by atoms with Gasteiger partial charge in [0.05, 0.1) is 10.6 Å². The standard InChI is InChI=1S/C15H21Cl2N3O/c1-11-5-2-3-7-20(11)8-4-6-18-15(21)12-9-14(17)19-10-13(12)16/h9-11H,2-8H2,1H3,(H,18,21). The second kappa shape index (κ2) is 7.97. The molecule has 1 atom stereocenters. The van der Waals surface area contributed by atoms with Crippen LogP contribution in [0.15, 0.2) is 12.3 Å². The predicted octanol–water partition coefficient (Wildman–Crippen LogP) is 3.38. The summed E-state index contributed by atoms with van der Waals surface area (Å²) in [6.07, 6.45) is 6.22. The monoisotopic (exact) mass is 329 g/mol. The largest absolute Gasteiger partial charge is 0.352 e. The molecule has 2 heterocycles. The van der Waals surface area contributed by atoms with Gasteiger partial charge in [-0.1, -0.05) is 29.6 Å². The van der Waals surface area contributed by atoms with Crippen molar-refractivity contribution in [2.24, 2.45) is 0 Å². The Morgan fingerprint density at radius 3 is 3.05 bits per heavy atom. The smallest absolute Gasteiger partial charge is 0.252 e. The number of rotatable bonds is 5. The van der Waals surface area contributed by atoms with Crippen molar-refractivity contribution in [1.29, 1.82) is 0 Å². The SMILES string of the molecule is CC1CCCCN1CCCNC(=O)c1cc(Cl)ncc1Cl. The highest BCUT2D eigenvalue weighted by Crippen LogP contribution is 2.18. The van der Waals surface area contributed by atoms with E-state index in [1.807, 2.05) is 0 Å². The molecule has 1 fully saturated rings. The molecule has 0 aliphatic carbocycles. The molecule has 1 aliphatic rings. The molecular weight excluding hydrogens is 309 g/mol. The second-order valence-corrected chi connectivity index (χ2v) is 6.27. The van der Waals surface area contributed by atoms with Crippen LogP contribution in [0.1, 0.15) is 43.0 Å². The highest BCUT2D eigenvalue weighted by atomic mass is 35.5. The number of carbonyl (C=O) groups is 1. The first-order chi connectivity index (χ1) is 10.1. The zero-order valence-electron chi connectivity index (χ0n) is 12.2. The van der Waals surface area contributed by atoms with Crippen molar-refractivity contribution in [3.05, 3.63) is 28.0 Å². The predicted molar refractivity (Wildman–Crippen MR) is 86.1 cm³/mol. The zero-order chi connectivity index (χ0) is 15.2. The summed E-state index contributed by atoms with van der Waals surface area (Å²) >= 11 is 11.7. The molecule has 1 saturated heterocycles. The molecule has 0 spiro atoms. The number of aromatic nitrogens is 1. The van der Waals surface area contributed by atoms with Crippen LogP contribution in [0.2, 0.25) is 10.2 Å². The van der Waals surface area contributed by atoms with Gasteiger partial charge in [0.15, 0.2) is 0 Å². The van der Waals surface area contributed by atoms with Crippen LogP contribution in [0.4, 0.5) is 0 Å². The normalized spacial score (nSPS) is 19.5. The number of piperidine rings is 1. The summed E-state index contributed by atoms with van der Waals surface area (Å²) < 4.78 is 0. The number of carbonyl (C=O) groups excluding carboxylic acids is 1. The first kappa shape index (κ1) is 16.5. The van der Waals surface area contributed by atoms with Gasteiger partial charge in [-0.25, -0.2) is 4.98 Å². The Kier molecular flexibility index (Phi) is 6.27. The van der Waals surface area contributed by atoms with Crippen LogP contribution in [-0.2, 0) is 0 Å². The van der Waals surface area contributed by atoms with E-state index in [0.717, 1.165) is 13.0 Å². The van der Waals surface area contributed by atoms with E-state index in [4.69, 9.17) is 23.2 Å². The summed E-state index contributed by atoms with van der Waals surface area (Å²) in [6.45, 7) is 5.10. The molecular formula is C15H21Cl2N3O. The van der Waals surface area contributed by atoms with Gasteiger partial charge >= 0.3 is 0 Å². The quantitative estimate of drug-likeness (QED) is 0.665. The zero-order valence-corrected chi connectivity index (χ0v) is 13.8. The van der Waals surface area contributed by atoms with Gasteiger partial charge in [-0.2, -0.15) is 0 Å². The molecule has 0 bridgehead atoms. The lowest BCUT2D eigenvalue weighted by molar-refractivity contribution is 0.0949. The summed E-state index contributed by atoms with van der Waals surface area (Å²) in [5.41, 5.74) is 0.378. The van der Waals surface area contributed by atoms with Gasteiger partial charge in [0.25, 0.3) is 5.91 Å². The number of pyridine rings is 1. The van der Waals surface area contributed by atoms with Crippen LogP contribution in [0.25, 0.3) is 0 Å². The number of amides is 1. The van der Waals surface area contributed by atoms with E-state index in [0.29, 0.717) is 23.2 Å². The van der Waals surface area contributed by atoms with Crippen LogP contribution in [0, 0.1) is 0 Å². The van der Waals surface area contributed by atoms with Crippen molar-refractivity contribution in [2.45, 2.75) is 38.6 Å². The Bertz CT molecular complexity index is 496. The minimum absolute atomic E-state index is 0.198. The molecule has 21 heavy (non-hydrogen) atoms. The van der Waals surface area contributed by atoms with Crippen LogP contribution in [0.5, 0.6) is 0 Å². The molecule has 1 unspecified atom stereocenters. The molecule has 2 rings (SSSR count). The van der Waals surface area contributed by atoms with Crippen LogP contribution in [0.3, 0.4) is 0 Å². The fraction of sp³-hybridized carbons (Fsp3) is 0.600. The van der Waals surface area contributed by atoms with Gasteiger partial charge in [0, 0.05) is 25.3 Å². The summed E-state index contributed by atoms with van der Waals surface area (Å²) in [5.74, 6) is -0.198. The first-order valence-corrected chi connectivity index (χ1v) is 8.17. The van der Waals surface area contributed by atoms with Gasteiger partial charge in [0.1, 0.15) is 5.15 Å². The average molecular weight is 330 g/mol. The Morgan fingerprint density at radius 2 is 2.29 bits per heavy atom. The minimum atomic E-state index is -0.198. The number of halogens is 2. The Morgan fingerprint density at radius 1 is 1.48 bits per heavy atom. The van der Waals surface area contributed by atoms with Crippen molar-refractivity contribution in [2.75, 3.05) is 19.6 Å². The molecule has 6 heteroatoms. The van der Waals surface area contributed by atoms with Crippen LogP contribution in [-0.4, -0.2) is 41.5 Å². The van der Waals surface area contributed by atoms with E-state index in [1.54, 1.807) is 0 Å². The van der Waals surface area contributed by atoms with Gasteiger partial charge < -0.3 is 10.2 Å². The summed E-state index contributed by atoms with van der Waals surface area (Å²) in [7, 11) is 0. The van der Waals surface area contributed by atoms with Crippen LogP contribution >= 0.6 is 23.2 Å². The van der Waals surface area contributed by atoms with Crippen molar-refractivity contribution in [1.82, 2.24) is 15.2 Å². The highest BCUT2D eigenvalue weighted by molar-refractivity contribution is 6.35. The molecule has 1 aliphatic heterocycles. The van der Waals surface area contributed by atoms with Gasteiger partial charge in [-0.05, 0) is 38.8 Å². The topological polar surface area (TPSA) is 45.2 Å². The maximum absolute atomic E-state index is 12.0. The fourth-order valence-electron chi connectivity index (χ4n) is 2.66.